The highest BCUT2D eigenvalue weighted by Crippen LogP contribution is 2.23. The number of hydrogen-bond donors (Lipinski definition) is 1. The number of carbonyl (C=O) groups is 2. The molecule has 0 bridgehead atoms. The number of rotatable bonds is 7. The number of amides is 1. The third-order valence-corrected chi connectivity index (χ3v) is 4.11. The highest BCUT2D eigenvalue weighted by atomic mass is 32.2. The summed E-state index contributed by atoms with van der Waals surface area (Å²) < 4.78 is 0. The zero-order chi connectivity index (χ0) is 16.0. The quantitative estimate of drug-likeness (QED) is 0.476. The van der Waals surface area contributed by atoms with E-state index in [1.807, 2.05) is 20.8 Å². The van der Waals surface area contributed by atoms with Gasteiger partial charge in [-0.3, -0.25) is 9.59 Å². The fraction of sp³-hybridized carbons (Fsp3) is 0.600. The molecule has 1 amide bonds. The van der Waals surface area contributed by atoms with Gasteiger partial charge in [0.15, 0.2) is 5.78 Å². The molecule has 1 atom stereocenters. The second kappa shape index (κ2) is 8.12. The van der Waals surface area contributed by atoms with Crippen molar-refractivity contribution in [2.75, 3.05) is 5.75 Å². The largest absolute Gasteiger partial charge is 0.353 e. The van der Waals surface area contributed by atoms with E-state index < -0.39 is 0 Å². The van der Waals surface area contributed by atoms with E-state index in [0.717, 1.165) is 6.42 Å². The summed E-state index contributed by atoms with van der Waals surface area (Å²) in [5.41, 5.74) is 1.20. The van der Waals surface area contributed by atoms with E-state index in [4.69, 9.17) is 0 Å². The second-order valence-electron chi connectivity index (χ2n) is 4.98. The van der Waals surface area contributed by atoms with Crippen LogP contribution in [0.25, 0.3) is 0 Å². The highest BCUT2D eigenvalue weighted by Gasteiger charge is 2.17. The standard InChI is InChI=1S/C15H23N3O2S/c1-6-9(3)16-13(20)8-21-15-14(11(5)19)10(4)17-12(7-2)18-15/h9H,6-8H2,1-5H3,(H,16,20)/t9-/m0/s1. The van der Waals surface area contributed by atoms with Crippen molar-refractivity contribution in [2.45, 2.75) is 58.5 Å². The normalized spacial score (nSPS) is 12.0. The van der Waals surface area contributed by atoms with Crippen molar-refractivity contribution in [2.24, 2.45) is 0 Å². The first-order valence-corrected chi connectivity index (χ1v) is 8.18. The van der Waals surface area contributed by atoms with E-state index in [1.165, 1.54) is 18.7 Å². The summed E-state index contributed by atoms with van der Waals surface area (Å²) in [7, 11) is 0. The maximum absolute atomic E-state index is 11.8. The van der Waals surface area contributed by atoms with Gasteiger partial charge >= 0.3 is 0 Å². The Labute approximate surface area is 130 Å². The van der Waals surface area contributed by atoms with Crippen LogP contribution in [0.2, 0.25) is 0 Å². The minimum Gasteiger partial charge on any atom is -0.353 e. The number of aromatic nitrogens is 2. The first-order chi connectivity index (χ1) is 9.88. The van der Waals surface area contributed by atoms with Gasteiger partial charge in [0.05, 0.1) is 17.0 Å². The van der Waals surface area contributed by atoms with Gasteiger partial charge in [-0.15, -0.1) is 0 Å². The van der Waals surface area contributed by atoms with Gasteiger partial charge in [-0.05, 0) is 27.2 Å². The SMILES string of the molecule is CCc1nc(C)c(C(C)=O)c(SCC(=O)N[C@@H](C)CC)n1. The van der Waals surface area contributed by atoms with Crippen molar-refractivity contribution >= 4 is 23.5 Å². The zero-order valence-corrected chi connectivity index (χ0v) is 14.1. The number of hydrogen-bond acceptors (Lipinski definition) is 5. The molecule has 1 aromatic heterocycles. The molecule has 0 saturated carbocycles. The third-order valence-electron chi connectivity index (χ3n) is 3.13. The van der Waals surface area contributed by atoms with E-state index in [-0.39, 0.29) is 23.5 Å². The maximum atomic E-state index is 11.8. The first-order valence-electron chi connectivity index (χ1n) is 7.19. The minimum atomic E-state index is -0.0695. The number of Topliss-reactive ketones (excluding diaryl/α,β-unsaturated/α-hetero) is 1. The van der Waals surface area contributed by atoms with Crippen molar-refractivity contribution in [3.8, 4) is 0 Å². The maximum Gasteiger partial charge on any atom is 0.230 e. The lowest BCUT2D eigenvalue weighted by atomic mass is 10.2. The summed E-state index contributed by atoms with van der Waals surface area (Å²) in [6.07, 6.45) is 1.59. The molecule has 0 aliphatic heterocycles. The van der Waals surface area contributed by atoms with Gasteiger partial charge < -0.3 is 5.32 Å². The Morgan fingerprint density at radius 3 is 2.48 bits per heavy atom. The van der Waals surface area contributed by atoms with Gasteiger partial charge in [-0.1, -0.05) is 25.6 Å². The highest BCUT2D eigenvalue weighted by molar-refractivity contribution is 8.00. The van der Waals surface area contributed by atoms with Gasteiger partial charge in [0.2, 0.25) is 5.91 Å². The summed E-state index contributed by atoms with van der Waals surface area (Å²) in [6.45, 7) is 9.26. The minimum absolute atomic E-state index is 0.0434. The lowest BCUT2D eigenvalue weighted by molar-refractivity contribution is -0.119. The fourth-order valence-corrected chi connectivity index (χ4v) is 2.78. The van der Waals surface area contributed by atoms with Crippen LogP contribution in [0.4, 0.5) is 0 Å². The average Bonchev–Trinajstić information content (AvgIpc) is 2.43. The Balaban J connectivity index is 2.88. The molecule has 1 heterocycles. The molecule has 0 aliphatic carbocycles. The number of thioether (sulfide) groups is 1. The molecule has 6 heteroatoms. The zero-order valence-electron chi connectivity index (χ0n) is 13.3. The molecular formula is C15H23N3O2S. The van der Waals surface area contributed by atoms with E-state index in [0.29, 0.717) is 28.5 Å². The van der Waals surface area contributed by atoms with Crippen LogP contribution in [0.15, 0.2) is 5.03 Å². The summed E-state index contributed by atoms with van der Waals surface area (Å²) >= 11 is 1.30. The van der Waals surface area contributed by atoms with Crippen molar-refractivity contribution in [3.05, 3.63) is 17.1 Å². The van der Waals surface area contributed by atoms with Crippen LogP contribution in [0, 0.1) is 6.92 Å². The van der Waals surface area contributed by atoms with Crippen molar-refractivity contribution in [1.29, 1.82) is 0 Å². The molecule has 0 fully saturated rings. The smallest absolute Gasteiger partial charge is 0.230 e. The van der Waals surface area contributed by atoms with E-state index in [2.05, 4.69) is 15.3 Å². The molecule has 1 aromatic rings. The monoisotopic (exact) mass is 309 g/mol. The second-order valence-corrected chi connectivity index (χ2v) is 5.94. The van der Waals surface area contributed by atoms with Crippen molar-refractivity contribution in [3.63, 3.8) is 0 Å². The first kappa shape index (κ1) is 17.6. The van der Waals surface area contributed by atoms with Crippen molar-refractivity contribution in [1.82, 2.24) is 15.3 Å². The summed E-state index contributed by atoms with van der Waals surface area (Å²) in [4.78, 5) is 32.3. The number of nitrogens with zero attached hydrogens (tertiary/aromatic N) is 2. The summed E-state index contributed by atoms with van der Waals surface area (Å²) in [6, 6.07) is 0.156. The Bertz CT molecular complexity index is 532. The predicted molar refractivity (Wildman–Crippen MR) is 84.8 cm³/mol. The lowest BCUT2D eigenvalue weighted by Gasteiger charge is -2.12. The molecule has 1 rings (SSSR count). The number of nitrogens with one attached hydrogen (secondary N) is 1. The summed E-state index contributed by atoms with van der Waals surface area (Å²) in [5.74, 6) is 0.838. The molecule has 0 aliphatic rings. The van der Waals surface area contributed by atoms with Crippen LogP contribution in [-0.2, 0) is 11.2 Å². The molecule has 5 nitrogen and oxygen atoms in total. The number of carbonyl (C=O) groups excluding carboxylic acids is 2. The topological polar surface area (TPSA) is 72.0 Å². The Morgan fingerprint density at radius 1 is 1.29 bits per heavy atom. The summed E-state index contributed by atoms with van der Waals surface area (Å²) in [5, 5.41) is 3.51. The molecular weight excluding hydrogens is 286 g/mol. The van der Waals surface area contributed by atoms with E-state index in [9.17, 15) is 9.59 Å². The van der Waals surface area contributed by atoms with Crippen molar-refractivity contribution < 1.29 is 9.59 Å². The van der Waals surface area contributed by atoms with Crippen LogP contribution < -0.4 is 5.32 Å². The van der Waals surface area contributed by atoms with Gasteiger partial charge in [0.1, 0.15) is 10.9 Å². The fourth-order valence-electron chi connectivity index (χ4n) is 1.82. The number of aryl methyl sites for hydroxylation is 2. The molecule has 0 aromatic carbocycles. The van der Waals surface area contributed by atoms with Crippen LogP contribution in [0.3, 0.4) is 0 Å². The molecule has 21 heavy (non-hydrogen) atoms. The Hall–Kier alpha value is -1.43. The van der Waals surface area contributed by atoms with E-state index in [1.54, 1.807) is 6.92 Å². The number of ketones is 1. The predicted octanol–water partition coefficient (Wildman–Crippen LogP) is 2.56. The third kappa shape index (κ3) is 5.12. The van der Waals surface area contributed by atoms with Crippen LogP contribution >= 0.6 is 11.8 Å². The van der Waals surface area contributed by atoms with Crippen LogP contribution in [0.5, 0.6) is 0 Å². The molecule has 0 saturated heterocycles. The molecule has 0 unspecified atom stereocenters. The van der Waals surface area contributed by atoms with Gasteiger partial charge in [-0.25, -0.2) is 9.97 Å². The Morgan fingerprint density at radius 2 is 1.95 bits per heavy atom. The van der Waals surface area contributed by atoms with Crippen LogP contribution in [-0.4, -0.2) is 33.5 Å². The Kier molecular flexibility index (Phi) is 6.81. The molecule has 0 spiro atoms. The van der Waals surface area contributed by atoms with Gasteiger partial charge in [0, 0.05) is 12.5 Å². The van der Waals surface area contributed by atoms with Gasteiger partial charge in [-0.2, -0.15) is 0 Å². The average molecular weight is 309 g/mol. The van der Waals surface area contributed by atoms with Crippen LogP contribution in [0.1, 0.15) is 56.0 Å². The molecule has 1 N–H and O–H groups in total. The van der Waals surface area contributed by atoms with E-state index >= 15 is 0 Å². The molecule has 116 valence electrons. The molecule has 0 radical (unpaired) electrons. The van der Waals surface area contributed by atoms with Gasteiger partial charge in [0.25, 0.3) is 0 Å². The lowest BCUT2D eigenvalue weighted by Crippen LogP contribution is -2.33.